The van der Waals surface area contributed by atoms with Crippen molar-refractivity contribution in [2.75, 3.05) is 26.3 Å². The van der Waals surface area contributed by atoms with Crippen LogP contribution in [0.1, 0.15) is 19.8 Å². The maximum Gasteiger partial charge on any atom is 0.306 e. The second-order valence-electron chi connectivity index (χ2n) is 5.19. The van der Waals surface area contributed by atoms with E-state index >= 15 is 0 Å². The molecule has 1 fully saturated rings. The molecule has 1 aromatic carbocycles. The van der Waals surface area contributed by atoms with Crippen LogP contribution in [-0.4, -0.2) is 48.2 Å². The monoisotopic (exact) mass is 307 g/mol. The van der Waals surface area contributed by atoms with Crippen molar-refractivity contribution in [3.63, 3.8) is 0 Å². The molecular weight excluding hydrogens is 286 g/mol. The van der Waals surface area contributed by atoms with Crippen LogP contribution in [-0.2, 0) is 9.59 Å². The van der Waals surface area contributed by atoms with E-state index in [9.17, 15) is 9.59 Å². The summed E-state index contributed by atoms with van der Waals surface area (Å²) in [5.41, 5.74) is 0. The zero-order valence-corrected chi connectivity index (χ0v) is 12.7. The van der Waals surface area contributed by atoms with Gasteiger partial charge in [-0.2, -0.15) is 0 Å². The Morgan fingerprint density at radius 2 is 1.68 bits per heavy atom. The number of piperidine rings is 1. The van der Waals surface area contributed by atoms with Gasteiger partial charge in [-0.3, -0.25) is 9.59 Å². The first kappa shape index (κ1) is 16.1. The zero-order chi connectivity index (χ0) is 15.9. The summed E-state index contributed by atoms with van der Waals surface area (Å²) in [5, 5.41) is 8.94. The van der Waals surface area contributed by atoms with Gasteiger partial charge in [0.1, 0.15) is 11.5 Å². The van der Waals surface area contributed by atoms with Gasteiger partial charge in [0, 0.05) is 13.1 Å². The fourth-order valence-electron chi connectivity index (χ4n) is 2.41. The van der Waals surface area contributed by atoms with Crippen molar-refractivity contribution in [1.29, 1.82) is 0 Å². The Bertz CT molecular complexity index is 506. The predicted octanol–water partition coefficient (Wildman–Crippen LogP) is 1.79. The second-order valence-corrected chi connectivity index (χ2v) is 5.19. The van der Waals surface area contributed by atoms with Gasteiger partial charge in [0.2, 0.25) is 0 Å². The van der Waals surface area contributed by atoms with Crippen LogP contribution in [0.3, 0.4) is 0 Å². The number of carboxylic acids is 1. The highest BCUT2D eigenvalue weighted by atomic mass is 16.5. The van der Waals surface area contributed by atoms with E-state index in [1.54, 1.807) is 29.2 Å². The second kappa shape index (κ2) is 7.68. The van der Waals surface area contributed by atoms with E-state index in [-0.39, 0.29) is 18.4 Å². The lowest BCUT2D eigenvalue weighted by Gasteiger charge is -2.30. The van der Waals surface area contributed by atoms with Crippen LogP contribution in [0.4, 0.5) is 0 Å². The number of hydrogen-bond donors (Lipinski definition) is 1. The number of carboxylic acid groups (broad SMARTS) is 1. The summed E-state index contributed by atoms with van der Waals surface area (Å²) in [6.45, 7) is 3.43. The molecule has 0 atom stereocenters. The minimum Gasteiger partial charge on any atom is -0.494 e. The van der Waals surface area contributed by atoms with Crippen molar-refractivity contribution in [3.8, 4) is 11.5 Å². The third-order valence-corrected chi connectivity index (χ3v) is 3.69. The first-order chi connectivity index (χ1) is 10.6. The number of hydrogen-bond acceptors (Lipinski definition) is 4. The van der Waals surface area contributed by atoms with E-state index in [1.165, 1.54) is 0 Å². The molecule has 120 valence electrons. The Morgan fingerprint density at radius 3 is 2.18 bits per heavy atom. The molecule has 1 aliphatic heterocycles. The third-order valence-electron chi connectivity index (χ3n) is 3.69. The van der Waals surface area contributed by atoms with Crippen molar-refractivity contribution < 1.29 is 24.2 Å². The minimum atomic E-state index is -0.780. The summed E-state index contributed by atoms with van der Waals surface area (Å²) in [4.78, 5) is 24.6. The Morgan fingerprint density at radius 1 is 1.14 bits per heavy atom. The van der Waals surface area contributed by atoms with E-state index in [1.807, 2.05) is 6.92 Å². The summed E-state index contributed by atoms with van der Waals surface area (Å²) in [5.74, 6) is 0.140. The van der Waals surface area contributed by atoms with Crippen LogP contribution < -0.4 is 9.47 Å². The summed E-state index contributed by atoms with van der Waals surface area (Å²) >= 11 is 0. The molecule has 22 heavy (non-hydrogen) atoms. The highest BCUT2D eigenvalue weighted by Gasteiger charge is 2.26. The van der Waals surface area contributed by atoms with E-state index < -0.39 is 5.97 Å². The molecule has 0 radical (unpaired) electrons. The Hall–Kier alpha value is -2.24. The molecule has 1 heterocycles. The Kier molecular flexibility index (Phi) is 5.63. The first-order valence-corrected chi connectivity index (χ1v) is 7.46. The Balaban J connectivity index is 1.77. The van der Waals surface area contributed by atoms with Crippen LogP contribution in [0.15, 0.2) is 24.3 Å². The minimum absolute atomic E-state index is 0.0360. The lowest BCUT2D eigenvalue weighted by molar-refractivity contribution is -0.146. The van der Waals surface area contributed by atoms with E-state index in [0.29, 0.717) is 38.3 Å². The number of rotatable bonds is 6. The fraction of sp³-hybridized carbons (Fsp3) is 0.500. The largest absolute Gasteiger partial charge is 0.494 e. The fourth-order valence-corrected chi connectivity index (χ4v) is 2.41. The normalized spacial score (nSPS) is 15.4. The van der Waals surface area contributed by atoms with Gasteiger partial charge in [0.05, 0.1) is 12.5 Å². The van der Waals surface area contributed by atoms with Crippen molar-refractivity contribution in [2.45, 2.75) is 19.8 Å². The van der Waals surface area contributed by atoms with Gasteiger partial charge in [-0.05, 0) is 44.0 Å². The number of ether oxygens (including phenoxy) is 2. The molecule has 1 N–H and O–H groups in total. The standard InChI is InChI=1S/C16H21NO5/c1-2-21-13-3-5-14(6-4-13)22-11-15(18)17-9-7-12(8-10-17)16(19)20/h3-6,12H,2,7-11H2,1H3,(H,19,20). The molecule has 6 heteroatoms. The van der Waals surface area contributed by atoms with Gasteiger partial charge in [0.15, 0.2) is 6.61 Å². The van der Waals surface area contributed by atoms with Crippen LogP contribution in [0.2, 0.25) is 0 Å². The van der Waals surface area contributed by atoms with Crippen LogP contribution >= 0.6 is 0 Å². The van der Waals surface area contributed by atoms with Crippen molar-refractivity contribution in [2.24, 2.45) is 5.92 Å². The molecule has 1 aromatic rings. The number of nitrogens with zero attached hydrogens (tertiary/aromatic N) is 1. The van der Waals surface area contributed by atoms with Gasteiger partial charge < -0.3 is 19.5 Å². The Labute approximate surface area is 129 Å². The van der Waals surface area contributed by atoms with Crippen molar-refractivity contribution >= 4 is 11.9 Å². The van der Waals surface area contributed by atoms with Crippen LogP contribution in [0.25, 0.3) is 0 Å². The quantitative estimate of drug-likeness (QED) is 0.867. The van der Waals surface area contributed by atoms with Gasteiger partial charge in [-0.15, -0.1) is 0 Å². The van der Waals surface area contributed by atoms with E-state index in [0.717, 1.165) is 5.75 Å². The van der Waals surface area contributed by atoms with Crippen LogP contribution in [0, 0.1) is 5.92 Å². The number of aliphatic carboxylic acids is 1. The highest BCUT2D eigenvalue weighted by molar-refractivity contribution is 5.78. The van der Waals surface area contributed by atoms with Crippen molar-refractivity contribution in [1.82, 2.24) is 4.90 Å². The molecule has 1 amide bonds. The molecule has 6 nitrogen and oxygen atoms in total. The lowest BCUT2D eigenvalue weighted by atomic mass is 9.97. The van der Waals surface area contributed by atoms with E-state index in [2.05, 4.69) is 0 Å². The molecule has 1 saturated heterocycles. The summed E-state index contributed by atoms with van der Waals surface area (Å²) in [6.07, 6.45) is 1.01. The maximum absolute atomic E-state index is 12.0. The molecule has 0 aromatic heterocycles. The van der Waals surface area contributed by atoms with Gasteiger partial charge in [0.25, 0.3) is 5.91 Å². The third kappa shape index (κ3) is 4.38. The molecule has 0 aliphatic carbocycles. The first-order valence-electron chi connectivity index (χ1n) is 7.46. The lowest BCUT2D eigenvalue weighted by Crippen LogP contribution is -2.42. The molecule has 1 aliphatic rings. The molecule has 2 rings (SSSR count). The SMILES string of the molecule is CCOc1ccc(OCC(=O)N2CCC(C(=O)O)CC2)cc1. The zero-order valence-electron chi connectivity index (χ0n) is 12.7. The van der Waals surface area contributed by atoms with Crippen molar-refractivity contribution in [3.05, 3.63) is 24.3 Å². The molecular formula is C16H21NO5. The summed E-state index contributed by atoms with van der Waals surface area (Å²) < 4.78 is 10.8. The summed E-state index contributed by atoms with van der Waals surface area (Å²) in [7, 11) is 0. The number of likely N-dealkylation sites (tertiary alicyclic amines) is 1. The summed E-state index contributed by atoms with van der Waals surface area (Å²) in [6, 6.07) is 7.10. The average Bonchev–Trinajstić information content (AvgIpc) is 2.54. The number of carbonyl (C=O) groups excluding carboxylic acids is 1. The predicted molar refractivity (Wildman–Crippen MR) is 80.0 cm³/mol. The average molecular weight is 307 g/mol. The number of carbonyl (C=O) groups is 2. The highest BCUT2D eigenvalue weighted by Crippen LogP contribution is 2.19. The number of amides is 1. The van der Waals surface area contributed by atoms with Gasteiger partial charge in [-0.25, -0.2) is 0 Å². The number of benzene rings is 1. The maximum atomic E-state index is 12.0. The van der Waals surface area contributed by atoms with Crippen LogP contribution in [0.5, 0.6) is 11.5 Å². The molecule has 0 spiro atoms. The topological polar surface area (TPSA) is 76.1 Å². The van der Waals surface area contributed by atoms with Gasteiger partial charge in [-0.1, -0.05) is 0 Å². The van der Waals surface area contributed by atoms with E-state index in [4.69, 9.17) is 14.6 Å². The molecule has 0 bridgehead atoms. The van der Waals surface area contributed by atoms with Gasteiger partial charge >= 0.3 is 5.97 Å². The smallest absolute Gasteiger partial charge is 0.306 e. The molecule has 0 saturated carbocycles. The molecule has 0 unspecified atom stereocenters.